The van der Waals surface area contributed by atoms with Crippen molar-refractivity contribution in [3.05, 3.63) is 62.5 Å². The van der Waals surface area contributed by atoms with Gasteiger partial charge in [0.1, 0.15) is 0 Å². The number of esters is 1. The summed E-state index contributed by atoms with van der Waals surface area (Å²) in [5, 5.41) is 14.2. The van der Waals surface area contributed by atoms with Crippen LogP contribution in [0.4, 0.5) is 5.69 Å². The highest BCUT2D eigenvalue weighted by Gasteiger charge is 2.44. The maximum atomic E-state index is 13.2. The van der Waals surface area contributed by atoms with Gasteiger partial charge in [0.2, 0.25) is 0 Å². The lowest BCUT2D eigenvalue weighted by Gasteiger charge is -2.39. The molecule has 2 aliphatic rings. The summed E-state index contributed by atoms with van der Waals surface area (Å²) in [5.74, 6) is -1.15. The number of carbonyl (C=O) groups is 2. The van der Waals surface area contributed by atoms with Crippen LogP contribution in [0.1, 0.15) is 45.1 Å². The minimum Gasteiger partial charge on any atom is -0.466 e. The van der Waals surface area contributed by atoms with E-state index in [1.165, 1.54) is 19.2 Å². The average molecular weight is 370 g/mol. The third-order valence-electron chi connectivity index (χ3n) is 5.35. The van der Waals surface area contributed by atoms with Crippen molar-refractivity contribution in [2.75, 3.05) is 7.11 Å². The average Bonchev–Trinajstić information content (AvgIpc) is 2.63. The Morgan fingerprint density at radius 3 is 2.48 bits per heavy atom. The van der Waals surface area contributed by atoms with E-state index in [4.69, 9.17) is 4.74 Å². The Kier molecular flexibility index (Phi) is 4.63. The summed E-state index contributed by atoms with van der Waals surface area (Å²) in [6.07, 6.45) is 1.41. The lowest BCUT2D eigenvalue weighted by atomic mass is 9.67. The Bertz CT molecular complexity index is 893. The predicted octanol–water partition coefficient (Wildman–Crippen LogP) is 3.37. The smallest absolute Gasteiger partial charge is 0.336 e. The second kappa shape index (κ2) is 6.64. The zero-order valence-corrected chi connectivity index (χ0v) is 15.8. The zero-order valence-electron chi connectivity index (χ0n) is 15.8. The Morgan fingerprint density at radius 1 is 1.30 bits per heavy atom. The second-order valence-corrected chi connectivity index (χ2v) is 7.54. The lowest BCUT2D eigenvalue weighted by molar-refractivity contribution is -0.384. The molecule has 0 aromatic heterocycles. The maximum absolute atomic E-state index is 13.2. The van der Waals surface area contributed by atoms with Crippen molar-refractivity contribution in [1.82, 2.24) is 5.32 Å². The topological polar surface area (TPSA) is 98.5 Å². The number of ketones is 1. The van der Waals surface area contributed by atoms with E-state index in [0.717, 1.165) is 5.70 Å². The van der Waals surface area contributed by atoms with E-state index in [2.05, 4.69) is 5.32 Å². The Labute approximate surface area is 157 Å². The molecule has 1 N–H and O–H groups in total. The first-order valence-electron chi connectivity index (χ1n) is 8.75. The van der Waals surface area contributed by atoms with Gasteiger partial charge in [-0.2, -0.15) is 0 Å². The van der Waals surface area contributed by atoms with Crippen LogP contribution in [0.3, 0.4) is 0 Å². The van der Waals surface area contributed by atoms with Crippen molar-refractivity contribution in [3.63, 3.8) is 0 Å². The molecule has 1 aliphatic heterocycles. The van der Waals surface area contributed by atoms with Crippen LogP contribution in [-0.4, -0.2) is 23.8 Å². The van der Waals surface area contributed by atoms with Crippen molar-refractivity contribution >= 4 is 17.4 Å². The monoisotopic (exact) mass is 370 g/mol. The van der Waals surface area contributed by atoms with Gasteiger partial charge in [-0.1, -0.05) is 26.0 Å². The Hall–Kier alpha value is -2.96. The first-order valence-corrected chi connectivity index (χ1v) is 8.75. The molecule has 0 saturated carbocycles. The molecule has 0 saturated heterocycles. The standard InChI is InChI=1S/C20H22N2O5/c1-11-15(19(24)27-4)16(12-5-7-13(8-6-12)22(25)26)17-14(21-11)9-10-20(2,3)18(17)23/h5-8,16,21H,9-10H2,1-4H3. The van der Waals surface area contributed by atoms with Gasteiger partial charge in [0.15, 0.2) is 5.78 Å². The molecule has 1 heterocycles. The number of nitro groups is 1. The van der Waals surface area contributed by atoms with Crippen molar-refractivity contribution in [1.29, 1.82) is 0 Å². The highest BCUT2D eigenvalue weighted by molar-refractivity contribution is 6.06. The molecule has 142 valence electrons. The summed E-state index contributed by atoms with van der Waals surface area (Å²) in [6.45, 7) is 5.57. The summed E-state index contributed by atoms with van der Waals surface area (Å²) in [7, 11) is 1.30. The number of nitrogens with zero attached hydrogens (tertiary/aromatic N) is 1. The number of Topliss-reactive ketones (excluding diaryl/α,β-unsaturated/α-hetero) is 1. The van der Waals surface area contributed by atoms with Crippen molar-refractivity contribution in [2.24, 2.45) is 5.41 Å². The summed E-state index contributed by atoms with van der Waals surface area (Å²) in [5.41, 5.74) is 2.43. The molecule has 7 heteroatoms. The van der Waals surface area contributed by atoms with Gasteiger partial charge in [-0.3, -0.25) is 14.9 Å². The highest BCUT2D eigenvalue weighted by atomic mass is 16.6. The largest absolute Gasteiger partial charge is 0.466 e. The second-order valence-electron chi connectivity index (χ2n) is 7.54. The fraction of sp³-hybridized carbons (Fsp3) is 0.400. The normalized spacial score (nSPS) is 21.5. The fourth-order valence-electron chi connectivity index (χ4n) is 3.78. The molecule has 0 fully saturated rings. The predicted molar refractivity (Wildman–Crippen MR) is 98.7 cm³/mol. The number of nitro benzene ring substituents is 1. The summed E-state index contributed by atoms with van der Waals surface area (Å²) in [4.78, 5) is 36.2. The number of hydrogen-bond donors (Lipinski definition) is 1. The van der Waals surface area contributed by atoms with Crippen LogP contribution in [0.5, 0.6) is 0 Å². The van der Waals surface area contributed by atoms with Crippen LogP contribution in [-0.2, 0) is 14.3 Å². The Balaban J connectivity index is 2.19. The van der Waals surface area contributed by atoms with Crippen LogP contribution in [0, 0.1) is 15.5 Å². The van der Waals surface area contributed by atoms with Crippen LogP contribution in [0.15, 0.2) is 46.8 Å². The number of dihydropyridines is 1. The molecular formula is C20H22N2O5. The van der Waals surface area contributed by atoms with Crippen LogP contribution in [0.25, 0.3) is 0 Å². The summed E-state index contributed by atoms with van der Waals surface area (Å²) in [6, 6.07) is 5.98. The Morgan fingerprint density at radius 2 is 1.93 bits per heavy atom. The van der Waals surface area contributed by atoms with Gasteiger partial charge in [0.05, 0.1) is 17.6 Å². The molecule has 0 spiro atoms. The third-order valence-corrected chi connectivity index (χ3v) is 5.35. The quantitative estimate of drug-likeness (QED) is 0.498. The molecular weight excluding hydrogens is 348 g/mol. The van der Waals surface area contributed by atoms with E-state index < -0.39 is 22.2 Å². The van der Waals surface area contributed by atoms with Crippen molar-refractivity contribution in [3.8, 4) is 0 Å². The van der Waals surface area contributed by atoms with E-state index in [9.17, 15) is 19.7 Å². The number of hydrogen-bond acceptors (Lipinski definition) is 6. The SMILES string of the molecule is COC(=O)C1=C(C)NC2=C(C(=O)C(C)(C)CC2)C1c1ccc([N+](=O)[O-])cc1. The molecule has 27 heavy (non-hydrogen) atoms. The highest BCUT2D eigenvalue weighted by Crippen LogP contribution is 2.47. The number of allylic oxidation sites excluding steroid dienone is 3. The molecule has 0 bridgehead atoms. The minimum atomic E-state index is -0.610. The number of rotatable bonds is 3. The van der Waals surface area contributed by atoms with Gasteiger partial charge < -0.3 is 10.1 Å². The van der Waals surface area contributed by atoms with Gasteiger partial charge in [0.25, 0.3) is 5.69 Å². The molecule has 0 amide bonds. The van der Waals surface area contributed by atoms with Crippen molar-refractivity contribution in [2.45, 2.75) is 39.5 Å². The lowest BCUT2D eigenvalue weighted by Crippen LogP contribution is -2.40. The number of ether oxygens (including phenoxy) is 1. The molecule has 3 rings (SSSR count). The van der Waals surface area contributed by atoms with Crippen molar-refractivity contribution < 1.29 is 19.2 Å². The van der Waals surface area contributed by atoms with Gasteiger partial charge in [-0.25, -0.2) is 4.79 Å². The maximum Gasteiger partial charge on any atom is 0.336 e. The van der Waals surface area contributed by atoms with Gasteiger partial charge in [0, 0.05) is 40.4 Å². The van der Waals surface area contributed by atoms with E-state index in [1.54, 1.807) is 19.1 Å². The van der Waals surface area contributed by atoms with Gasteiger partial charge >= 0.3 is 5.97 Å². The summed E-state index contributed by atoms with van der Waals surface area (Å²) >= 11 is 0. The van der Waals surface area contributed by atoms with Crippen LogP contribution in [0.2, 0.25) is 0 Å². The van der Waals surface area contributed by atoms with E-state index in [0.29, 0.717) is 35.2 Å². The number of carbonyl (C=O) groups excluding carboxylic acids is 2. The van der Waals surface area contributed by atoms with E-state index in [1.807, 2.05) is 13.8 Å². The van der Waals surface area contributed by atoms with Gasteiger partial charge in [-0.05, 0) is 25.3 Å². The molecule has 1 unspecified atom stereocenters. The molecule has 0 radical (unpaired) electrons. The zero-order chi connectivity index (χ0) is 19.9. The minimum absolute atomic E-state index is 0.0199. The van der Waals surface area contributed by atoms with Crippen LogP contribution < -0.4 is 5.32 Å². The first kappa shape index (κ1) is 18.8. The number of nitrogens with one attached hydrogen (secondary N) is 1. The van der Waals surface area contributed by atoms with E-state index in [-0.39, 0.29) is 11.5 Å². The first-order chi connectivity index (χ1) is 12.7. The molecule has 1 aromatic rings. The number of non-ortho nitro benzene ring substituents is 1. The molecule has 7 nitrogen and oxygen atoms in total. The van der Waals surface area contributed by atoms with Crippen LogP contribution >= 0.6 is 0 Å². The molecule has 1 aliphatic carbocycles. The van der Waals surface area contributed by atoms with E-state index >= 15 is 0 Å². The fourth-order valence-corrected chi connectivity index (χ4v) is 3.78. The van der Waals surface area contributed by atoms with Gasteiger partial charge in [-0.15, -0.1) is 0 Å². The molecule has 1 atom stereocenters. The number of methoxy groups -OCH3 is 1. The summed E-state index contributed by atoms with van der Waals surface area (Å²) < 4.78 is 4.96. The molecule has 1 aromatic carbocycles. The number of benzene rings is 1. The third kappa shape index (κ3) is 3.13.